The molecule has 2 heterocycles. The zero-order chi connectivity index (χ0) is 23.4. The number of hydrogen-bond donors (Lipinski definition) is 3. The van der Waals surface area contributed by atoms with Gasteiger partial charge in [0.1, 0.15) is 11.8 Å². The number of nitrogens with two attached hydrogens (primary N) is 1. The van der Waals surface area contributed by atoms with Crippen LogP contribution in [0.5, 0.6) is 5.75 Å². The van der Waals surface area contributed by atoms with E-state index in [9.17, 15) is 9.59 Å². The van der Waals surface area contributed by atoms with Gasteiger partial charge in [0.05, 0.1) is 24.2 Å². The second-order valence-corrected chi connectivity index (χ2v) is 8.52. The lowest BCUT2D eigenvalue weighted by molar-refractivity contribution is -0.119. The minimum Gasteiger partial charge on any atom is -0.492 e. The van der Waals surface area contributed by atoms with Gasteiger partial charge in [0, 0.05) is 49.3 Å². The molecule has 3 aromatic rings. The van der Waals surface area contributed by atoms with Gasteiger partial charge in [-0.25, -0.2) is 4.98 Å². The second kappa shape index (κ2) is 10.1. The number of aryl methyl sites for hydroxylation is 1. The Morgan fingerprint density at radius 3 is 2.76 bits per heavy atom. The van der Waals surface area contributed by atoms with Crippen molar-refractivity contribution in [3.05, 3.63) is 82.4 Å². The molecule has 0 bridgehead atoms. The number of aromatic nitrogens is 2. The maximum absolute atomic E-state index is 13.1. The highest BCUT2D eigenvalue weighted by molar-refractivity contribution is 6.30. The van der Waals surface area contributed by atoms with Crippen LogP contribution in [0.3, 0.4) is 0 Å². The number of nitrogens with one attached hydrogen (secondary N) is 2. The van der Waals surface area contributed by atoms with Crippen molar-refractivity contribution in [1.29, 1.82) is 0 Å². The lowest BCUT2D eigenvalue weighted by Crippen LogP contribution is -2.46. The topological polar surface area (TPSA) is 111 Å². The number of fused-ring (bicyclic) bond motifs is 1. The normalized spacial score (nSPS) is 15.9. The molecule has 1 unspecified atom stereocenters. The molecule has 2 aromatic carbocycles. The van der Waals surface area contributed by atoms with Crippen LogP contribution in [0, 0.1) is 0 Å². The number of halogens is 1. The molecule has 1 aliphatic rings. The van der Waals surface area contributed by atoms with E-state index in [4.69, 9.17) is 22.1 Å². The molecule has 4 rings (SSSR count). The Kier molecular flexibility index (Phi) is 6.96. The highest BCUT2D eigenvalue weighted by atomic mass is 35.5. The van der Waals surface area contributed by atoms with Crippen molar-refractivity contribution in [3.8, 4) is 5.75 Å². The number of imidazole rings is 1. The van der Waals surface area contributed by atoms with Gasteiger partial charge in [0.2, 0.25) is 5.91 Å². The first-order valence-electron chi connectivity index (χ1n) is 10.7. The summed E-state index contributed by atoms with van der Waals surface area (Å²) in [5.41, 5.74) is 8.62. The van der Waals surface area contributed by atoms with E-state index < -0.39 is 17.9 Å². The summed E-state index contributed by atoms with van der Waals surface area (Å²) in [6.45, 7) is 1.08. The van der Waals surface area contributed by atoms with Crippen LogP contribution in [-0.2, 0) is 24.8 Å². The fraction of sp³-hybridized carbons (Fsp3) is 0.292. The molecule has 1 aliphatic heterocycles. The first-order chi connectivity index (χ1) is 15.9. The molecule has 2 amide bonds. The SMILES string of the molecule is Cn1cnc(CNC2CCOc3c(C(=O)N[C@@H](Cc4ccc(Cl)cc4)C(N)=O)cccc32)c1. The third-order valence-electron chi connectivity index (χ3n) is 5.61. The van der Waals surface area contributed by atoms with E-state index in [1.165, 1.54) is 0 Å². The van der Waals surface area contributed by atoms with Crippen LogP contribution in [0.25, 0.3) is 0 Å². The number of rotatable bonds is 8. The van der Waals surface area contributed by atoms with Crippen LogP contribution in [0.4, 0.5) is 0 Å². The number of benzene rings is 2. The molecule has 0 saturated carbocycles. The van der Waals surface area contributed by atoms with Gasteiger partial charge in [-0.15, -0.1) is 0 Å². The van der Waals surface area contributed by atoms with Crippen molar-refractivity contribution >= 4 is 23.4 Å². The molecule has 33 heavy (non-hydrogen) atoms. The van der Waals surface area contributed by atoms with Gasteiger partial charge in [-0.3, -0.25) is 9.59 Å². The molecule has 4 N–H and O–H groups in total. The molecule has 8 nitrogen and oxygen atoms in total. The van der Waals surface area contributed by atoms with Crippen LogP contribution < -0.4 is 21.1 Å². The number of ether oxygens (including phenoxy) is 1. The Hall–Kier alpha value is -3.36. The van der Waals surface area contributed by atoms with Crippen LogP contribution in [0.1, 0.15) is 39.6 Å². The Labute approximate surface area is 197 Å². The fourth-order valence-electron chi connectivity index (χ4n) is 3.92. The predicted molar refractivity (Wildman–Crippen MR) is 125 cm³/mol. The molecule has 0 fully saturated rings. The zero-order valence-corrected chi connectivity index (χ0v) is 19.0. The Balaban J connectivity index is 1.49. The highest BCUT2D eigenvalue weighted by Gasteiger charge is 2.28. The van der Waals surface area contributed by atoms with Crippen molar-refractivity contribution in [1.82, 2.24) is 20.2 Å². The molecule has 9 heteroatoms. The standard InChI is InChI=1S/C24H26ClN5O3/c1-30-13-17(28-14-30)12-27-20-9-10-33-22-18(20)3-2-4-19(22)24(32)29-21(23(26)31)11-15-5-7-16(25)8-6-15/h2-8,13-14,20-21,27H,9-12H2,1H3,(H2,26,31)(H,29,32)/t20?,21-/m0/s1. The van der Waals surface area contributed by atoms with Gasteiger partial charge < -0.3 is 25.7 Å². The second-order valence-electron chi connectivity index (χ2n) is 8.08. The Morgan fingerprint density at radius 2 is 2.06 bits per heavy atom. The molecule has 0 aliphatic carbocycles. The number of para-hydroxylation sites is 1. The van der Waals surface area contributed by atoms with Gasteiger partial charge in [-0.05, 0) is 23.8 Å². The maximum atomic E-state index is 13.1. The first-order valence-corrected chi connectivity index (χ1v) is 11.1. The van der Waals surface area contributed by atoms with Gasteiger partial charge in [0.15, 0.2) is 0 Å². The molecule has 0 radical (unpaired) electrons. The number of hydrogen-bond acceptors (Lipinski definition) is 5. The fourth-order valence-corrected chi connectivity index (χ4v) is 4.04. The Bertz CT molecular complexity index is 1150. The predicted octanol–water partition coefficient (Wildman–Crippen LogP) is 2.51. The van der Waals surface area contributed by atoms with Gasteiger partial charge in [0.25, 0.3) is 5.91 Å². The van der Waals surface area contributed by atoms with Gasteiger partial charge in [-0.1, -0.05) is 35.9 Å². The third-order valence-corrected chi connectivity index (χ3v) is 5.86. The minimum atomic E-state index is -0.865. The van der Waals surface area contributed by atoms with Crippen molar-refractivity contribution in [2.75, 3.05) is 6.61 Å². The number of amides is 2. The summed E-state index contributed by atoms with van der Waals surface area (Å²) < 4.78 is 7.78. The smallest absolute Gasteiger partial charge is 0.255 e. The van der Waals surface area contributed by atoms with Gasteiger partial charge in [-0.2, -0.15) is 0 Å². The van der Waals surface area contributed by atoms with Crippen molar-refractivity contribution < 1.29 is 14.3 Å². The lowest BCUT2D eigenvalue weighted by atomic mass is 9.96. The van der Waals surface area contributed by atoms with E-state index in [-0.39, 0.29) is 12.5 Å². The van der Waals surface area contributed by atoms with Crippen LogP contribution >= 0.6 is 11.6 Å². The van der Waals surface area contributed by atoms with Crippen LogP contribution in [-0.4, -0.2) is 34.0 Å². The van der Waals surface area contributed by atoms with Crippen molar-refractivity contribution in [3.63, 3.8) is 0 Å². The summed E-state index contributed by atoms with van der Waals surface area (Å²) in [6, 6.07) is 11.7. The quantitative estimate of drug-likeness (QED) is 0.471. The number of primary amides is 1. The molecule has 172 valence electrons. The highest BCUT2D eigenvalue weighted by Crippen LogP contribution is 2.35. The van der Waals surface area contributed by atoms with E-state index in [1.54, 1.807) is 36.7 Å². The average Bonchev–Trinajstić information content (AvgIpc) is 3.23. The van der Waals surface area contributed by atoms with Crippen LogP contribution in [0.2, 0.25) is 5.02 Å². The lowest BCUT2D eigenvalue weighted by Gasteiger charge is -2.28. The molecule has 0 spiro atoms. The number of nitrogens with zero attached hydrogens (tertiary/aromatic N) is 2. The monoisotopic (exact) mass is 467 g/mol. The first kappa shape index (κ1) is 22.8. The van der Waals surface area contributed by atoms with Gasteiger partial charge >= 0.3 is 0 Å². The Morgan fingerprint density at radius 1 is 1.27 bits per heavy atom. The molecular weight excluding hydrogens is 442 g/mol. The number of carbonyl (C=O) groups excluding carboxylic acids is 2. The molecule has 1 aromatic heterocycles. The summed E-state index contributed by atoms with van der Waals surface area (Å²) in [5.74, 6) is -0.497. The van der Waals surface area contributed by atoms with E-state index in [0.717, 1.165) is 23.2 Å². The van der Waals surface area contributed by atoms with E-state index in [1.807, 2.05) is 29.9 Å². The van der Waals surface area contributed by atoms with E-state index in [0.29, 0.717) is 29.5 Å². The molecular formula is C24H26ClN5O3. The van der Waals surface area contributed by atoms with Crippen LogP contribution in [0.15, 0.2) is 55.0 Å². The summed E-state index contributed by atoms with van der Waals surface area (Å²) >= 11 is 5.93. The van der Waals surface area contributed by atoms with Crippen molar-refractivity contribution in [2.24, 2.45) is 12.8 Å². The largest absolute Gasteiger partial charge is 0.492 e. The average molecular weight is 468 g/mol. The summed E-state index contributed by atoms with van der Waals surface area (Å²) in [6.07, 6.45) is 4.76. The zero-order valence-electron chi connectivity index (χ0n) is 18.3. The summed E-state index contributed by atoms with van der Waals surface area (Å²) in [4.78, 5) is 29.5. The summed E-state index contributed by atoms with van der Waals surface area (Å²) in [5, 5.41) is 6.85. The minimum absolute atomic E-state index is 0.0181. The molecule has 0 saturated heterocycles. The van der Waals surface area contributed by atoms with Crippen molar-refractivity contribution in [2.45, 2.75) is 31.5 Å². The van der Waals surface area contributed by atoms with E-state index >= 15 is 0 Å². The molecule has 2 atom stereocenters. The third kappa shape index (κ3) is 5.53. The maximum Gasteiger partial charge on any atom is 0.255 e. The summed E-state index contributed by atoms with van der Waals surface area (Å²) in [7, 11) is 1.93. The van der Waals surface area contributed by atoms with E-state index in [2.05, 4.69) is 15.6 Å². The number of carbonyl (C=O) groups is 2.